The fraction of sp³-hybridized carbons (Fsp3) is 0.471. The summed E-state index contributed by atoms with van der Waals surface area (Å²) in [5.74, 6) is -0.223. The van der Waals surface area contributed by atoms with Crippen LogP contribution in [0.15, 0.2) is 24.3 Å². The van der Waals surface area contributed by atoms with Gasteiger partial charge in [-0.3, -0.25) is 14.4 Å². The summed E-state index contributed by atoms with van der Waals surface area (Å²) in [6.45, 7) is 2.80. The molecule has 130 valence electrons. The van der Waals surface area contributed by atoms with Gasteiger partial charge in [-0.05, 0) is 30.5 Å². The van der Waals surface area contributed by atoms with Crippen LogP contribution in [0.3, 0.4) is 0 Å². The third-order valence-electron chi connectivity index (χ3n) is 4.00. The number of amides is 2. The smallest absolute Gasteiger partial charge is 0.313 e. The van der Waals surface area contributed by atoms with E-state index in [1.54, 1.807) is 11.8 Å². The predicted molar refractivity (Wildman–Crippen MR) is 93.8 cm³/mol. The number of carbonyl (C=O) groups is 3. The largest absolute Gasteiger partial charge is 0.481 e. The van der Waals surface area contributed by atoms with Gasteiger partial charge in [0.2, 0.25) is 11.8 Å². The number of likely N-dealkylation sites (tertiary alicyclic amines) is 1. The van der Waals surface area contributed by atoms with Crippen molar-refractivity contribution in [1.82, 2.24) is 4.90 Å². The van der Waals surface area contributed by atoms with E-state index in [0.29, 0.717) is 31.7 Å². The van der Waals surface area contributed by atoms with E-state index >= 15 is 0 Å². The maximum atomic E-state index is 12.4. The highest BCUT2D eigenvalue weighted by Crippen LogP contribution is 2.21. The summed E-state index contributed by atoms with van der Waals surface area (Å²) in [5, 5.41) is 11.6. The number of nitrogens with zero attached hydrogens (tertiary/aromatic N) is 1. The van der Waals surface area contributed by atoms with Crippen molar-refractivity contribution in [2.75, 3.05) is 24.2 Å². The Morgan fingerprint density at radius 2 is 2.00 bits per heavy atom. The number of carbonyl (C=O) groups excluding carboxylic acids is 2. The maximum Gasteiger partial charge on any atom is 0.313 e. The van der Waals surface area contributed by atoms with E-state index in [2.05, 4.69) is 5.32 Å². The third-order valence-corrected chi connectivity index (χ3v) is 4.99. The van der Waals surface area contributed by atoms with Gasteiger partial charge in [0.15, 0.2) is 0 Å². The SMILES string of the molecule is CC(=O)N1CCC(C(=O)Nc2cccc(CSCC(=O)O)c2)CC1. The number of anilines is 1. The van der Waals surface area contributed by atoms with E-state index < -0.39 is 5.97 Å². The van der Waals surface area contributed by atoms with Crippen molar-refractivity contribution < 1.29 is 19.5 Å². The molecule has 6 nitrogen and oxygen atoms in total. The molecule has 1 aliphatic heterocycles. The Bertz CT molecular complexity index is 612. The van der Waals surface area contributed by atoms with Crippen LogP contribution < -0.4 is 5.32 Å². The zero-order valence-electron chi connectivity index (χ0n) is 13.7. The fourth-order valence-corrected chi connectivity index (χ4v) is 3.39. The lowest BCUT2D eigenvalue weighted by molar-refractivity contribution is -0.134. The standard InChI is InChI=1S/C17H22N2O4S/c1-12(20)19-7-5-14(6-8-19)17(23)18-15-4-2-3-13(9-15)10-24-11-16(21)22/h2-4,9,14H,5-8,10-11H2,1H3,(H,18,23)(H,21,22). The molecule has 2 rings (SSSR count). The number of aliphatic carboxylic acids is 1. The van der Waals surface area contributed by atoms with Crippen LogP contribution in [-0.4, -0.2) is 46.6 Å². The highest BCUT2D eigenvalue weighted by Gasteiger charge is 2.25. The Morgan fingerprint density at radius 1 is 1.29 bits per heavy atom. The average Bonchev–Trinajstić information content (AvgIpc) is 2.55. The Balaban J connectivity index is 1.85. The van der Waals surface area contributed by atoms with Crippen molar-refractivity contribution in [3.05, 3.63) is 29.8 Å². The number of hydrogen-bond acceptors (Lipinski definition) is 4. The first-order valence-corrected chi connectivity index (χ1v) is 9.06. The van der Waals surface area contributed by atoms with Crippen LogP contribution in [0.25, 0.3) is 0 Å². The topological polar surface area (TPSA) is 86.7 Å². The summed E-state index contributed by atoms with van der Waals surface area (Å²) in [6, 6.07) is 7.46. The molecule has 1 heterocycles. The van der Waals surface area contributed by atoms with E-state index in [4.69, 9.17) is 5.11 Å². The lowest BCUT2D eigenvalue weighted by Crippen LogP contribution is -2.40. The first kappa shape index (κ1) is 18.3. The molecule has 2 amide bonds. The first-order chi connectivity index (χ1) is 11.5. The molecule has 0 saturated carbocycles. The molecule has 1 fully saturated rings. The highest BCUT2D eigenvalue weighted by molar-refractivity contribution is 7.99. The quantitative estimate of drug-likeness (QED) is 0.821. The molecule has 0 unspecified atom stereocenters. The van der Waals surface area contributed by atoms with Crippen LogP contribution in [0.5, 0.6) is 0 Å². The van der Waals surface area contributed by atoms with Gasteiger partial charge >= 0.3 is 5.97 Å². The molecule has 0 spiro atoms. The van der Waals surface area contributed by atoms with Gasteiger partial charge in [-0.25, -0.2) is 0 Å². The van der Waals surface area contributed by atoms with Crippen molar-refractivity contribution in [3.63, 3.8) is 0 Å². The van der Waals surface area contributed by atoms with Crippen molar-refractivity contribution in [1.29, 1.82) is 0 Å². The van der Waals surface area contributed by atoms with Gasteiger partial charge in [-0.1, -0.05) is 12.1 Å². The van der Waals surface area contributed by atoms with E-state index in [0.717, 1.165) is 11.3 Å². The predicted octanol–water partition coefficient (Wildman–Crippen LogP) is 2.20. The van der Waals surface area contributed by atoms with Crippen LogP contribution in [0.2, 0.25) is 0 Å². The van der Waals surface area contributed by atoms with Gasteiger partial charge in [0.1, 0.15) is 0 Å². The molecule has 7 heteroatoms. The molecule has 24 heavy (non-hydrogen) atoms. The molecule has 1 aliphatic rings. The summed E-state index contributed by atoms with van der Waals surface area (Å²) < 4.78 is 0. The molecule has 1 aromatic rings. The minimum Gasteiger partial charge on any atom is -0.481 e. The van der Waals surface area contributed by atoms with Crippen molar-refractivity contribution in [2.24, 2.45) is 5.92 Å². The zero-order valence-corrected chi connectivity index (χ0v) is 14.5. The Morgan fingerprint density at radius 3 is 2.62 bits per heavy atom. The molecular formula is C17H22N2O4S. The van der Waals surface area contributed by atoms with E-state index in [-0.39, 0.29) is 23.5 Å². The number of benzene rings is 1. The van der Waals surface area contributed by atoms with Crippen molar-refractivity contribution in [2.45, 2.75) is 25.5 Å². The molecule has 0 radical (unpaired) electrons. The van der Waals surface area contributed by atoms with Crippen LogP contribution >= 0.6 is 11.8 Å². The summed E-state index contributed by atoms with van der Waals surface area (Å²) in [5.41, 5.74) is 1.70. The van der Waals surface area contributed by atoms with E-state index in [1.165, 1.54) is 11.8 Å². The normalized spacial score (nSPS) is 15.1. The first-order valence-electron chi connectivity index (χ1n) is 7.90. The third kappa shape index (κ3) is 5.56. The van der Waals surface area contributed by atoms with Gasteiger partial charge in [-0.15, -0.1) is 11.8 Å². The highest BCUT2D eigenvalue weighted by atomic mass is 32.2. The second-order valence-corrected chi connectivity index (χ2v) is 6.84. The Kier molecular flexibility index (Phi) is 6.66. The van der Waals surface area contributed by atoms with Gasteiger partial charge in [-0.2, -0.15) is 0 Å². The number of nitrogens with one attached hydrogen (secondary N) is 1. The number of piperidine rings is 1. The van der Waals surface area contributed by atoms with Gasteiger partial charge in [0, 0.05) is 37.4 Å². The molecule has 0 aromatic heterocycles. The maximum absolute atomic E-state index is 12.4. The minimum atomic E-state index is -0.832. The molecule has 1 saturated heterocycles. The summed E-state index contributed by atoms with van der Waals surface area (Å²) in [4.78, 5) is 36.0. The molecule has 0 aliphatic carbocycles. The lowest BCUT2D eigenvalue weighted by atomic mass is 9.96. The summed E-state index contributed by atoms with van der Waals surface area (Å²) in [6.07, 6.45) is 1.36. The average molecular weight is 350 g/mol. The second kappa shape index (κ2) is 8.73. The van der Waals surface area contributed by atoms with Crippen LogP contribution in [-0.2, 0) is 20.1 Å². The lowest BCUT2D eigenvalue weighted by Gasteiger charge is -2.30. The van der Waals surface area contributed by atoms with E-state index in [1.807, 2.05) is 24.3 Å². The van der Waals surface area contributed by atoms with Crippen LogP contribution in [0.1, 0.15) is 25.3 Å². The molecule has 0 bridgehead atoms. The zero-order chi connectivity index (χ0) is 17.5. The van der Waals surface area contributed by atoms with Crippen molar-refractivity contribution >= 4 is 35.2 Å². The fourth-order valence-electron chi connectivity index (χ4n) is 2.70. The summed E-state index contributed by atoms with van der Waals surface area (Å²) in [7, 11) is 0. The molecule has 0 atom stereocenters. The molecular weight excluding hydrogens is 328 g/mol. The van der Waals surface area contributed by atoms with E-state index in [9.17, 15) is 14.4 Å². The van der Waals surface area contributed by atoms with Gasteiger partial charge in [0.05, 0.1) is 5.75 Å². The Labute approximate surface area is 145 Å². The second-order valence-electron chi connectivity index (χ2n) is 5.86. The monoisotopic (exact) mass is 350 g/mol. The van der Waals surface area contributed by atoms with Gasteiger partial charge in [0.25, 0.3) is 0 Å². The number of rotatable bonds is 6. The number of carboxylic acid groups (broad SMARTS) is 1. The number of carboxylic acids is 1. The van der Waals surface area contributed by atoms with Crippen molar-refractivity contribution in [3.8, 4) is 0 Å². The molecule has 2 N–H and O–H groups in total. The molecule has 1 aromatic carbocycles. The minimum absolute atomic E-state index is 0.0199. The number of hydrogen-bond donors (Lipinski definition) is 2. The summed E-state index contributed by atoms with van der Waals surface area (Å²) >= 11 is 1.32. The van der Waals surface area contributed by atoms with Crippen LogP contribution in [0.4, 0.5) is 5.69 Å². The van der Waals surface area contributed by atoms with Crippen LogP contribution in [0, 0.1) is 5.92 Å². The van der Waals surface area contributed by atoms with Gasteiger partial charge < -0.3 is 15.3 Å². The Hall–Kier alpha value is -2.02. The number of thioether (sulfide) groups is 1.